The number of nitrogens with zero attached hydrogens (tertiary/aromatic N) is 6. The molecule has 5 aromatic rings. The highest BCUT2D eigenvalue weighted by Gasteiger charge is 2.50. The Bertz CT molecular complexity index is 2240. The molecular formula is C46H52N6O12. The summed E-state index contributed by atoms with van der Waals surface area (Å²) in [5.41, 5.74) is 4.70. The summed E-state index contributed by atoms with van der Waals surface area (Å²) in [6.45, 7) is 0.0575. The molecule has 4 aliphatic heterocycles. The Morgan fingerprint density at radius 3 is 1.31 bits per heavy atom. The van der Waals surface area contributed by atoms with Crippen molar-refractivity contribution in [1.82, 2.24) is 29.7 Å². The van der Waals surface area contributed by atoms with Gasteiger partial charge in [-0.1, -0.05) is 60.7 Å². The van der Waals surface area contributed by atoms with Gasteiger partial charge in [-0.3, -0.25) is 19.6 Å². The zero-order valence-corrected chi connectivity index (χ0v) is 34.9. The van der Waals surface area contributed by atoms with Crippen LogP contribution in [0.2, 0.25) is 0 Å². The van der Waals surface area contributed by atoms with Gasteiger partial charge in [0.05, 0.1) is 72.2 Å². The topological polar surface area (TPSA) is 250 Å². The number of ether oxygens (including phenoxy) is 4. The van der Waals surface area contributed by atoms with Crippen molar-refractivity contribution in [2.75, 3.05) is 13.2 Å². The van der Waals surface area contributed by atoms with Crippen molar-refractivity contribution < 1.29 is 59.2 Å². The van der Waals surface area contributed by atoms with Crippen LogP contribution in [0.4, 0.5) is 0 Å². The summed E-state index contributed by atoms with van der Waals surface area (Å²) in [6.07, 6.45) is -7.21. The molecule has 0 saturated carbocycles. The van der Waals surface area contributed by atoms with E-state index in [1.807, 2.05) is 48.6 Å². The molecule has 6 heterocycles. The number of benzene rings is 3. The Balaban J connectivity index is 1.11. The average molecular weight is 881 g/mol. The van der Waals surface area contributed by atoms with Gasteiger partial charge in [-0.15, -0.1) is 0 Å². The summed E-state index contributed by atoms with van der Waals surface area (Å²) in [5.74, 6) is -1.38. The second-order valence-corrected chi connectivity index (χ2v) is 16.2. The Hall–Kier alpha value is -5.38. The summed E-state index contributed by atoms with van der Waals surface area (Å²) in [7, 11) is 0. The Kier molecular flexibility index (Phi) is 14.6. The summed E-state index contributed by atoms with van der Waals surface area (Å²) >= 11 is 0. The number of carbonyl (C=O) groups is 2. The number of aliphatic hydroxyl groups excluding tert-OH is 6. The molecule has 2 aromatic heterocycles. The third kappa shape index (κ3) is 10.4. The number of allylic oxidation sites excluding steroid dienone is 2. The van der Waals surface area contributed by atoms with Gasteiger partial charge < -0.3 is 59.4 Å². The van der Waals surface area contributed by atoms with Gasteiger partial charge in [0.25, 0.3) is 11.8 Å². The van der Waals surface area contributed by atoms with Crippen LogP contribution in [-0.2, 0) is 54.7 Å². The standard InChI is InChI=1S/C46H52N6O12/c53-35-37(55)41-43(59)51(25-29-21-47-31-11-5-7-13-33(31)49-29)23-27-15-17-28(18-16-27)24-52(26-30-22-48-32-12-6-8-14-34(32)50-30)44(60)42-38(56)36(54)40(58)46(64-42)62-20-10-4-2-1-3-9-19-61-45(63-41)39(35)57/h1-2,5-8,11-18,21-22,35-42,45-46,53-58H,3-4,9-10,19-20,23-26H2/b2-1+/t35-,36-,37-,38-,39+,40+,41-,42-,45-,46-/m0/s1. The first-order chi connectivity index (χ1) is 31.0. The van der Waals surface area contributed by atoms with Gasteiger partial charge in [0.15, 0.2) is 24.8 Å². The summed E-state index contributed by atoms with van der Waals surface area (Å²) in [6, 6.07) is 21.6. The number of rotatable bonds is 4. The van der Waals surface area contributed by atoms with Gasteiger partial charge in [-0.2, -0.15) is 0 Å². The first-order valence-corrected chi connectivity index (χ1v) is 21.4. The van der Waals surface area contributed by atoms with Crippen LogP contribution in [0.5, 0.6) is 0 Å². The zero-order valence-electron chi connectivity index (χ0n) is 34.9. The Labute approximate surface area is 368 Å². The molecule has 18 nitrogen and oxygen atoms in total. The summed E-state index contributed by atoms with van der Waals surface area (Å²) in [5, 5.41) is 65.6. The van der Waals surface area contributed by atoms with E-state index in [2.05, 4.69) is 9.97 Å². The van der Waals surface area contributed by atoms with Crippen molar-refractivity contribution in [2.24, 2.45) is 0 Å². The maximum atomic E-state index is 14.5. The SMILES string of the molecule is O=C1[C@H]2O[C@H](OCCC/C=C/CCCO[C@H]3O[C@H](C(=O)N(Cc4cnc5ccccc5n4)Cc4ccc(cc4)CN1Cc1cnc4ccccc4n1)[C@@H](O)[C@H](O)[C@H]3O)[C@H](O)[C@@H](O)[C@@H]2O. The van der Waals surface area contributed by atoms with E-state index in [1.165, 1.54) is 9.80 Å². The minimum Gasteiger partial charge on any atom is -0.387 e. The molecule has 2 fully saturated rings. The van der Waals surface area contributed by atoms with Gasteiger partial charge in [-0.25, -0.2) is 9.97 Å². The molecule has 2 saturated heterocycles. The lowest BCUT2D eigenvalue weighted by Gasteiger charge is -2.41. The van der Waals surface area contributed by atoms with Gasteiger partial charge in [0.1, 0.15) is 36.6 Å². The molecule has 6 bridgehead atoms. The van der Waals surface area contributed by atoms with Crippen molar-refractivity contribution in [3.05, 3.63) is 120 Å². The van der Waals surface area contributed by atoms with E-state index in [9.17, 15) is 40.2 Å². The predicted octanol–water partition coefficient (Wildman–Crippen LogP) is 1.41. The van der Waals surface area contributed by atoms with Crippen molar-refractivity contribution in [3.8, 4) is 0 Å². The number of fused-ring (bicyclic) bond motifs is 16. The minimum absolute atomic E-state index is 0.0181. The molecule has 4 aliphatic rings. The lowest BCUT2D eigenvalue weighted by molar-refractivity contribution is -0.292. The maximum Gasteiger partial charge on any atom is 0.255 e. The lowest BCUT2D eigenvalue weighted by atomic mass is 9.97. The van der Waals surface area contributed by atoms with Gasteiger partial charge in [0.2, 0.25) is 0 Å². The fraction of sp³-hybridized carbons (Fsp3) is 0.435. The van der Waals surface area contributed by atoms with Crippen LogP contribution in [0.15, 0.2) is 97.3 Å². The van der Waals surface area contributed by atoms with Gasteiger partial charge >= 0.3 is 0 Å². The molecule has 0 aliphatic carbocycles. The zero-order chi connectivity index (χ0) is 44.7. The number of para-hydroxylation sites is 4. The monoisotopic (exact) mass is 880 g/mol. The first kappa shape index (κ1) is 45.2. The highest BCUT2D eigenvalue weighted by Crippen LogP contribution is 2.28. The van der Waals surface area contributed by atoms with Crippen LogP contribution in [0.25, 0.3) is 22.1 Å². The van der Waals surface area contributed by atoms with Crippen molar-refractivity contribution in [1.29, 1.82) is 0 Å². The number of carbonyl (C=O) groups excluding carboxylic acids is 2. The second-order valence-electron chi connectivity index (χ2n) is 16.2. The molecule has 10 atom stereocenters. The Morgan fingerprint density at radius 1 is 0.516 bits per heavy atom. The molecule has 9 rings (SSSR count). The van der Waals surface area contributed by atoms with E-state index in [0.29, 0.717) is 70.3 Å². The quantitative estimate of drug-likeness (QED) is 0.140. The van der Waals surface area contributed by atoms with E-state index in [4.69, 9.17) is 28.9 Å². The normalized spacial score (nSPS) is 29.8. The van der Waals surface area contributed by atoms with E-state index in [0.717, 1.165) is 0 Å². The summed E-state index contributed by atoms with van der Waals surface area (Å²) in [4.78, 5) is 50.1. The highest BCUT2D eigenvalue weighted by atomic mass is 16.7. The van der Waals surface area contributed by atoms with Crippen LogP contribution in [0, 0.1) is 0 Å². The molecule has 338 valence electrons. The van der Waals surface area contributed by atoms with Crippen molar-refractivity contribution >= 4 is 33.9 Å². The molecule has 2 amide bonds. The van der Waals surface area contributed by atoms with E-state index >= 15 is 0 Å². The van der Waals surface area contributed by atoms with Crippen LogP contribution >= 0.6 is 0 Å². The number of amides is 2. The van der Waals surface area contributed by atoms with Crippen molar-refractivity contribution in [3.63, 3.8) is 0 Å². The summed E-state index contributed by atoms with van der Waals surface area (Å²) < 4.78 is 23.5. The maximum absolute atomic E-state index is 14.5. The molecule has 0 radical (unpaired) electrons. The average Bonchev–Trinajstić information content (AvgIpc) is 3.31. The van der Waals surface area contributed by atoms with Crippen LogP contribution < -0.4 is 0 Å². The fourth-order valence-corrected chi connectivity index (χ4v) is 7.93. The molecule has 0 unspecified atom stereocenters. The van der Waals surface area contributed by atoms with Crippen LogP contribution in [-0.4, -0.2) is 147 Å². The van der Waals surface area contributed by atoms with Gasteiger partial charge in [0, 0.05) is 13.1 Å². The third-order valence-electron chi connectivity index (χ3n) is 11.5. The predicted molar refractivity (Wildman–Crippen MR) is 227 cm³/mol. The fourth-order valence-electron chi connectivity index (χ4n) is 7.93. The molecule has 3 aromatic carbocycles. The minimum atomic E-state index is -1.78. The Morgan fingerprint density at radius 2 is 0.906 bits per heavy atom. The molecular weight excluding hydrogens is 829 g/mol. The van der Waals surface area contributed by atoms with Gasteiger partial charge in [-0.05, 0) is 61.1 Å². The number of aromatic nitrogens is 4. The third-order valence-corrected chi connectivity index (χ3v) is 11.5. The van der Waals surface area contributed by atoms with E-state index < -0.39 is 73.2 Å². The number of hydrogen-bond donors (Lipinski definition) is 6. The number of hydrogen-bond acceptors (Lipinski definition) is 16. The first-order valence-electron chi connectivity index (χ1n) is 21.4. The largest absolute Gasteiger partial charge is 0.387 e. The molecule has 64 heavy (non-hydrogen) atoms. The van der Waals surface area contributed by atoms with Crippen LogP contribution in [0.1, 0.15) is 48.2 Å². The second kappa shape index (κ2) is 20.6. The van der Waals surface area contributed by atoms with Crippen molar-refractivity contribution in [2.45, 2.75) is 113 Å². The van der Waals surface area contributed by atoms with Crippen LogP contribution in [0.3, 0.4) is 0 Å². The lowest BCUT2D eigenvalue weighted by Crippen LogP contribution is -2.62. The number of aliphatic hydroxyl groups is 6. The molecule has 18 heteroatoms. The molecule has 6 N–H and O–H groups in total. The van der Waals surface area contributed by atoms with E-state index in [1.54, 1.807) is 48.8 Å². The highest BCUT2D eigenvalue weighted by molar-refractivity contribution is 5.83. The van der Waals surface area contributed by atoms with E-state index in [-0.39, 0.29) is 39.4 Å². The molecule has 0 spiro atoms. The smallest absolute Gasteiger partial charge is 0.255 e.